The molecule has 0 bridgehead atoms. The maximum atomic E-state index is 12.1. The molecule has 0 spiro atoms. The van der Waals surface area contributed by atoms with E-state index >= 15 is 0 Å². The summed E-state index contributed by atoms with van der Waals surface area (Å²) in [7, 11) is 0. The van der Waals surface area contributed by atoms with Crippen molar-refractivity contribution in [2.45, 2.75) is 47.1 Å². The zero-order chi connectivity index (χ0) is 15.6. The number of imidazole rings is 1. The lowest BCUT2D eigenvalue weighted by molar-refractivity contribution is 0.0952. The van der Waals surface area contributed by atoms with Gasteiger partial charge in [0.25, 0.3) is 5.91 Å². The summed E-state index contributed by atoms with van der Waals surface area (Å²) in [6, 6.07) is 6.12. The van der Waals surface area contributed by atoms with Crippen molar-refractivity contribution in [1.29, 1.82) is 0 Å². The molecule has 0 aliphatic heterocycles. The first kappa shape index (κ1) is 15.5. The number of rotatable bonds is 5. The molecule has 1 heterocycles. The zero-order valence-corrected chi connectivity index (χ0v) is 13.6. The van der Waals surface area contributed by atoms with Crippen LogP contribution >= 0.6 is 0 Å². The molecule has 1 amide bonds. The van der Waals surface area contributed by atoms with Crippen LogP contribution in [0.1, 0.15) is 56.3 Å². The van der Waals surface area contributed by atoms with Crippen molar-refractivity contribution < 1.29 is 4.79 Å². The normalized spacial score (nSPS) is 11.6. The van der Waals surface area contributed by atoms with E-state index in [0.717, 1.165) is 23.3 Å². The number of hydrogen-bond acceptors (Lipinski definition) is 2. The number of benzene rings is 1. The van der Waals surface area contributed by atoms with Gasteiger partial charge >= 0.3 is 0 Å². The smallest absolute Gasteiger partial charge is 0.251 e. The zero-order valence-electron chi connectivity index (χ0n) is 13.6. The van der Waals surface area contributed by atoms with Gasteiger partial charge < -0.3 is 9.88 Å². The first-order chi connectivity index (χ1) is 9.90. The highest BCUT2D eigenvalue weighted by molar-refractivity contribution is 5.97. The predicted molar refractivity (Wildman–Crippen MR) is 86.6 cm³/mol. The van der Waals surface area contributed by atoms with Gasteiger partial charge in [-0.3, -0.25) is 4.79 Å². The minimum atomic E-state index is -0.0192. The highest BCUT2D eigenvalue weighted by Crippen LogP contribution is 2.21. The molecule has 114 valence electrons. The van der Waals surface area contributed by atoms with Crippen LogP contribution in [0, 0.1) is 12.8 Å². The van der Waals surface area contributed by atoms with E-state index < -0.39 is 0 Å². The number of carbonyl (C=O) groups excluding carboxylic acids is 1. The van der Waals surface area contributed by atoms with Gasteiger partial charge in [-0.15, -0.1) is 0 Å². The second-order valence-corrected chi connectivity index (χ2v) is 6.26. The molecule has 1 N–H and O–H groups in total. The number of nitrogens with zero attached hydrogens (tertiary/aromatic N) is 2. The first-order valence-electron chi connectivity index (χ1n) is 7.67. The van der Waals surface area contributed by atoms with Gasteiger partial charge in [-0.1, -0.05) is 13.8 Å². The molecule has 1 aromatic carbocycles. The van der Waals surface area contributed by atoms with E-state index in [-0.39, 0.29) is 5.91 Å². The van der Waals surface area contributed by atoms with Crippen molar-refractivity contribution in [3.05, 3.63) is 29.6 Å². The Balaban J connectivity index is 2.21. The third kappa shape index (κ3) is 3.43. The minimum absolute atomic E-state index is 0.0192. The quantitative estimate of drug-likeness (QED) is 0.911. The second-order valence-electron chi connectivity index (χ2n) is 6.26. The predicted octanol–water partition coefficient (Wildman–Crippen LogP) is 3.70. The van der Waals surface area contributed by atoms with Crippen LogP contribution in [0.25, 0.3) is 11.0 Å². The molecule has 0 radical (unpaired) electrons. The first-order valence-corrected chi connectivity index (χ1v) is 7.67. The summed E-state index contributed by atoms with van der Waals surface area (Å²) in [5.74, 6) is 1.56. The number of hydrogen-bond donors (Lipinski definition) is 1. The standard InChI is InChI=1S/C17H25N3O/c1-11(2)8-9-18-17(21)14-6-7-16-15(10-14)19-13(5)20(16)12(3)4/h6-7,10-12H,8-9H2,1-5H3,(H,18,21). The Bertz CT molecular complexity index is 641. The number of amides is 1. The van der Waals surface area contributed by atoms with Crippen LogP contribution in [-0.2, 0) is 0 Å². The molecule has 2 aromatic rings. The molecule has 0 unspecified atom stereocenters. The number of fused-ring (bicyclic) bond motifs is 1. The molecule has 0 aliphatic carbocycles. The van der Waals surface area contributed by atoms with E-state index in [1.165, 1.54) is 0 Å². The Labute approximate surface area is 126 Å². The molecule has 4 nitrogen and oxygen atoms in total. The Morgan fingerprint density at radius 1 is 1.29 bits per heavy atom. The van der Waals surface area contributed by atoms with Crippen LogP contribution in [0.4, 0.5) is 0 Å². The van der Waals surface area contributed by atoms with Crippen LogP contribution in [0.5, 0.6) is 0 Å². The van der Waals surface area contributed by atoms with Crippen molar-refractivity contribution in [2.24, 2.45) is 5.92 Å². The molecule has 0 atom stereocenters. The molecule has 0 fully saturated rings. The summed E-state index contributed by atoms with van der Waals surface area (Å²) in [4.78, 5) is 16.7. The minimum Gasteiger partial charge on any atom is -0.352 e. The summed E-state index contributed by atoms with van der Waals surface area (Å²) >= 11 is 0. The van der Waals surface area contributed by atoms with Crippen molar-refractivity contribution in [3.8, 4) is 0 Å². The number of aryl methyl sites for hydroxylation is 1. The van der Waals surface area contributed by atoms with Crippen molar-refractivity contribution in [3.63, 3.8) is 0 Å². The average Bonchev–Trinajstić information content (AvgIpc) is 2.72. The molecular formula is C17H25N3O. The van der Waals surface area contributed by atoms with Gasteiger partial charge in [-0.2, -0.15) is 0 Å². The third-order valence-electron chi connectivity index (χ3n) is 3.65. The average molecular weight is 287 g/mol. The van der Waals surface area contributed by atoms with Gasteiger partial charge in [0.2, 0.25) is 0 Å². The molecule has 21 heavy (non-hydrogen) atoms. The Morgan fingerprint density at radius 2 is 2.00 bits per heavy atom. The third-order valence-corrected chi connectivity index (χ3v) is 3.65. The molecular weight excluding hydrogens is 262 g/mol. The molecule has 1 aromatic heterocycles. The van der Waals surface area contributed by atoms with Crippen LogP contribution in [-0.4, -0.2) is 22.0 Å². The van der Waals surface area contributed by atoms with Crippen molar-refractivity contribution >= 4 is 16.9 Å². The largest absolute Gasteiger partial charge is 0.352 e. The van der Waals surface area contributed by atoms with Crippen LogP contribution in [0.15, 0.2) is 18.2 Å². The Hall–Kier alpha value is -1.84. The second kappa shape index (κ2) is 6.29. The maximum absolute atomic E-state index is 12.1. The van der Waals surface area contributed by atoms with E-state index in [4.69, 9.17) is 0 Å². The lowest BCUT2D eigenvalue weighted by atomic mass is 10.1. The molecule has 4 heteroatoms. The van der Waals surface area contributed by atoms with Gasteiger partial charge in [0, 0.05) is 18.2 Å². The molecule has 0 aliphatic rings. The van der Waals surface area contributed by atoms with E-state index in [0.29, 0.717) is 24.1 Å². The van der Waals surface area contributed by atoms with Crippen LogP contribution < -0.4 is 5.32 Å². The fourth-order valence-electron chi connectivity index (χ4n) is 2.59. The topological polar surface area (TPSA) is 46.9 Å². The lowest BCUT2D eigenvalue weighted by Crippen LogP contribution is -2.25. The molecule has 0 saturated heterocycles. The maximum Gasteiger partial charge on any atom is 0.251 e. The van der Waals surface area contributed by atoms with E-state index in [9.17, 15) is 4.79 Å². The van der Waals surface area contributed by atoms with Gasteiger partial charge in [-0.25, -0.2) is 4.98 Å². The van der Waals surface area contributed by atoms with Crippen molar-refractivity contribution in [1.82, 2.24) is 14.9 Å². The summed E-state index contributed by atoms with van der Waals surface area (Å²) < 4.78 is 2.19. The fourth-order valence-corrected chi connectivity index (χ4v) is 2.59. The highest BCUT2D eigenvalue weighted by atomic mass is 16.1. The van der Waals surface area contributed by atoms with Crippen molar-refractivity contribution in [2.75, 3.05) is 6.54 Å². The van der Waals surface area contributed by atoms with Gasteiger partial charge in [0.05, 0.1) is 11.0 Å². The highest BCUT2D eigenvalue weighted by Gasteiger charge is 2.13. The fraction of sp³-hybridized carbons (Fsp3) is 0.529. The monoisotopic (exact) mass is 287 g/mol. The molecule has 2 rings (SSSR count). The Morgan fingerprint density at radius 3 is 2.62 bits per heavy atom. The number of aromatic nitrogens is 2. The summed E-state index contributed by atoms with van der Waals surface area (Å²) in [5.41, 5.74) is 2.65. The van der Waals surface area contributed by atoms with E-state index in [1.54, 1.807) is 0 Å². The Kier molecular flexibility index (Phi) is 4.66. The van der Waals surface area contributed by atoms with E-state index in [2.05, 4.69) is 42.6 Å². The van der Waals surface area contributed by atoms with Crippen LogP contribution in [0.3, 0.4) is 0 Å². The SMILES string of the molecule is Cc1nc2cc(C(=O)NCCC(C)C)ccc2n1C(C)C. The summed E-state index contributed by atoms with van der Waals surface area (Å²) in [5, 5.41) is 2.97. The summed E-state index contributed by atoms with van der Waals surface area (Å²) in [6.45, 7) is 11.3. The summed E-state index contributed by atoms with van der Waals surface area (Å²) in [6.07, 6.45) is 0.995. The molecule has 0 saturated carbocycles. The number of nitrogens with one attached hydrogen (secondary N) is 1. The van der Waals surface area contributed by atoms with Gasteiger partial charge in [-0.05, 0) is 51.3 Å². The van der Waals surface area contributed by atoms with Gasteiger partial charge in [0.15, 0.2) is 0 Å². The lowest BCUT2D eigenvalue weighted by Gasteiger charge is -2.11. The van der Waals surface area contributed by atoms with Crippen LogP contribution in [0.2, 0.25) is 0 Å². The van der Waals surface area contributed by atoms with Gasteiger partial charge in [0.1, 0.15) is 5.82 Å². The van der Waals surface area contributed by atoms with E-state index in [1.807, 2.05) is 25.1 Å². The number of carbonyl (C=O) groups is 1.